The summed E-state index contributed by atoms with van der Waals surface area (Å²) in [6.07, 6.45) is 6.26. The third-order valence-electron chi connectivity index (χ3n) is 3.13. The Kier molecular flexibility index (Phi) is 3.42. The summed E-state index contributed by atoms with van der Waals surface area (Å²) in [4.78, 5) is 0. The Morgan fingerprint density at radius 1 is 1.67 bits per heavy atom. The molecule has 0 bridgehead atoms. The SMILES string of the molecule is CC(NCC1(C)CCCS1)c1ccoc1. The topological polar surface area (TPSA) is 25.2 Å². The molecule has 1 aromatic rings. The second-order valence-electron chi connectivity index (χ2n) is 4.56. The third-order valence-corrected chi connectivity index (χ3v) is 4.66. The normalized spacial score (nSPS) is 28.1. The smallest absolute Gasteiger partial charge is 0.0950 e. The first-order valence-corrected chi connectivity index (χ1v) is 6.58. The van der Waals surface area contributed by atoms with Gasteiger partial charge in [-0.2, -0.15) is 11.8 Å². The number of thioether (sulfide) groups is 1. The van der Waals surface area contributed by atoms with Crippen LogP contribution >= 0.6 is 11.8 Å². The van der Waals surface area contributed by atoms with Gasteiger partial charge in [0.2, 0.25) is 0 Å². The van der Waals surface area contributed by atoms with Crippen molar-refractivity contribution in [2.75, 3.05) is 12.3 Å². The van der Waals surface area contributed by atoms with E-state index in [-0.39, 0.29) is 0 Å². The van der Waals surface area contributed by atoms with Crippen molar-refractivity contribution in [1.29, 1.82) is 0 Å². The summed E-state index contributed by atoms with van der Waals surface area (Å²) < 4.78 is 5.53. The van der Waals surface area contributed by atoms with Crippen LogP contribution in [0.4, 0.5) is 0 Å². The lowest BCUT2D eigenvalue weighted by molar-refractivity contribution is 0.484. The Bertz CT molecular complexity index is 291. The first-order valence-electron chi connectivity index (χ1n) is 5.59. The Morgan fingerprint density at radius 2 is 2.53 bits per heavy atom. The van der Waals surface area contributed by atoms with Crippen LogP contribution in [0.15, 0.2) is 23.0 Å². The van der Waals surface area contributed by atoms with E-state index in [1.165, 1.54) is 24.2 Å². The van der Waals surface area contributed by atoms with Crippen molar-refractivity contribution in [3.05, 3.63) is 24.2 Å². The molecule has 1 aliphatic heterocycles. The minimum Gasteiger partial charge on any atom is -0.472 e. The number of nitrogens with one attached hydrogen (secondary N) is 1. The van der Waals surface area contributed by atoms with Gasteiger partial charge in [0.25, 0.3) is 0 Å². The summed E-state index contributed by atoms with van der Waals surface area (Å²) in [6, 6.07) is 2.42. The van der Waals surface area contributed by atoms with E-state index in [2.05, 4.69) is 30.9 Å². The van der Waals surface area contributed by atoms with Crippen molar-refractivity contribution >= 4 is 11.8 Å². The number of furan rings is 1. The van der Waals surface area contributed by atoms with E-state index in [4.69, 9.17) is 4.42 Å². The summed E-state index contributed by atoms with van der Waals surface area (Å²) in [5, 5.41) is 3.59. The molecule has 15 heavy (non-hydrogen) atoms. The lowest BCUT2D eigenvalue weighted by Crippen LogP contribution is -2.34. The second kappa shape index (κ2) is 4.62. The summed E-state index contributed by atoms with van der Waals surface area (Å²) in [5.41, 5.74) is 1.24. The highest BCUT2D eigenvalue weighted by Crippen LogP contribution is 2.37. The molecule has 2 heterocycles. The highest BCUT2D eigenvalue weighted by Gasteiger charge is 2.29. The molecule has 1 fully saturated rings. The van der Waals surface area contributed by atoms with Gasteiger partial charge in [-0.25, -0.2) is 0 Å². The van der Waals surface area contributed by atoms with Gasteiger partial charge in [-0.3, -0.25) is 0 Å². The maximum atomic E-state index is 5.09. The molecule has 2 rings (SSSR count). The zero-order valence-electron chi connectivity index (χ0n) is 9.45. The number of rotatable bonds is 4. The monoisotopic (exact) mass is 225 g/mol. The van der Waals surface area contributed by atoms with Gasteiger partial charge in [-0.1, -0.05) is 0 Å². The van der Waals surface area contributed by atoms with E-state index in [0.717, 1.165) is 6.54 Å². The van der Waals surface area contributed by atoms with E-state index < -0.39 is 0 Å². The van der Waals surface area contributed by atoms with Gasteiger partial charge in [0.15, 0.2) is 0 Å². The zero-order chi connectivity index (χ0) is 10.7. The molecular weight excluding hydrogens is 206 g/mol. The predicted molar refractivity (Wildman–Crippen MR) is 65.2 cm³/mol. The van der Waals surface area contributed by atoms with E-state index >= 15 is 0 Å². The number of hydrogen-bond acceptors (Lipinski definition) is 3. The van der Waals surface area contributed by atoms with Crippen molar-refractivity contribution in [1.82, 2.24) is 5.32 Å². The highest BCUT2D eigenvalue weighted by molar-refractivity contribution is 8.00. The largest absolute Gasteiger partial charge is 0.472 e. The first kappa shape index (κ1) is 11.1. The van der Waals surface area contributed by atoms with Crippen LogP contribution in [0.25, 0.3) is 0 Å². The molecule has 0 radical (unpaired) electrons. The lowest BCUT2D eigenvalue weighted by atomic mass is 10.0. The molecule has 3 heteroatoms. The molecule has 1 aliphatic rings. The summed E-state index contributed by atoms with van der Waals surface area (Å²) >= 11 is 2.10. The average molecular weight is 225 g/mol. The van der Waals surface area contributed by atoms with Gasteiger partial charge in [-0.05, 0) is 38.5 Å². The van der Waals surface area contributed by atoms with Crippen LogP contribution < -0.4 is 5.32 Å². The molecular formula is C12H19NOS. The standard InChI is InChI=1S/C12H19NOS/c1-10(11-4-6-14-8-11)13-9-12(2)5-3-7-15-12/h4,6,8,10,13H,3,5,7,9H2,1-2H3. The summed E-state index contributed by atoms with van der Waals surface area (Å²) in [5.74, 6) is 1.32. The lowest BCUT2D eigenvalue weighted by Gasteiger charge is -2.25. The van der Waals surface area contributed by atoms with Crippen molar-refractivity contribution in [2.24, 2.45) is 0 Å². The molecule has 2 unspecified atom stereocenters. The molecule has 1 saturated heterocycles. The molecule has 1 N–H and O–H groups in total. The van der Waals surface area contributed by atoms with Gasteiger partial charge in [0.1, 0.15) is 0 Å². The molecule has 2 nitrogen and oxygen atoms in total. The minimum absolute atomic E-state index is 0.391. The molecule has 0 amide bonds. The van der Waals surface area contributed by atoms with Gasteiger partial charge in [0, 0.05) is 22.9 Å². The van der Waals surface area contributed by atoms with Crippen LogP contribution in [0.2, 0.25) is 0 Å². The van der Waals surface area contributed by atoms with Crippen molar-refractivity contribution in [2.45, 2.75) is 37.5 Å². The maximum Gasteiger partial charge on any atom is 0.0950 e. The van der Waals surface area contributed by atoms with Crippen LogP contribution in [0.5, 0.6) is 0 Å². The van der Waals surface area contributed by atoms with Crippen LogP contribution in [0.1, 0.15) is 38.3 Å². The second-order valence-corrected chi connectivity index (χ2v) is 6.24. The van der Waals surface area contributed by atoms with Crippen molar-refractivity contribution < 1.29 is 4.42 Å². The van der Waals surface area contributed by atoms with Crippen LogP contribution in [-0.2, 0) is 0 Å². The van der Waals surface area contributed by atoms with E-state index in [1.807, 2.05) is 12.3 Å². The molecule has 1 aromatic heterocycles. The molecule has 2 atom stereocenters. The fourth-order valence-corrected chi connectivity index (χ4v) is 3.24. The fourth-order valence-electron chi connectivity index (χ4n) is 1.98. The molecule has 0 aromatic carbocycles. The molecule has 0 spiro atoms. The highest BCUT2D eigenvalue weighted by atomic mass is 32.2. The Hall–Kier alpha value is -0.410. The molecule has 0 saturated carbocycles. The van der Waals surface area contributed by atoms with Gasteiger partial charge in [0.05, 0.1) is 12.5 Å². The van der Waals surface area contributed by atoms with Crippen LogP contribution in [0.3, 0.4) is 0 Å². The summed E-state index contributed by atoms with van der Waals surface area (Å²) in [6.45, 7) is 5.64. The quantitative estimate of drug-likeness (QED) is 0.851. The van der Waals surface area contributed by atoms with E-state index in [1.54, 1.807) is 6.26 Å². The third kappa shape index (κ3) is 2.79. The van der Waals surface area contributed by atoms with Gasteiger partial charge >= 0.3 is 0 Å². The summed E-state index contributed by atoms with van der Waals surface area (Å²) in [7, 11) is 0. The fraction of sp³-hybridized carbons (Fsp3) is 0.667. The Morgan fingerprint density at radius 3 is 3.13 bits per heavy atom. The van der Waals surface area contributed by atoms with E-state index in [0.29, 0.717) is 10.8 Å². The van der Waals surface area contributed by atoms with Crippen molar-refractivity contribution in [3.63, 3.8) is 0 Å². The Balaban J connectivity index is 1.83. The molecule has 84 valence electrons. The average Bonchev–Trinajstić information content (AvgIpc) is 2.85. The Labute approximate surface area is 95.8 Å². The first-order chi connectivity index (χ1) is 7.20. The predicted octanol–water partition coefficient (Wildman–Crippen LogP) is 3.22. The van der Waals surface area contributed by atoms with Crippen molar-refractivity contribution in [3.8, 4) is 0 Å². The van der Waals surface area contributed by atoms with Gasteiger partial charge < -0.3 is 9.73 Å². The maximum absolute atomic E-state index is 5.09. The van der Waals surface area contributed by atoms with Crippen LogP contribution in [0, 0.1) is 0 Å². The van der Waals surface area contributed by atoms with E-state index in [9.17, 15) is 0 Å². The number of hydrogen-bond donors (Lipinski definition) is 1. The molecule has 0 aliphatic carbocycles. The minimum atomic E-state index is 0.391. The van der Waals surface area contributed by atoms with Gasteiger partial charge in [-0.15, -0.1) is 0 Å². The van der Waals surface area contributed by atoms with Crippen LogP contribution in [-0.4, -0.2) is 17.0 Å². The zero-order valence-corrected chi connectivity index (χ0v) is 10.3.